The van der Waals surface area contributed by atoms with E-state index in [2.05, 4.69) is 28.3 Å². The van der Waals surface area contributed by atoms with Crippen molar-refractivity contribution in [2.45, 2.75) is 51.5 Å². The monoisotopic (exact) mass is 332 g/mol. The van der Waals surface area contributed by atoms with Gasteiger partial charge in [-0.15, -0.1) is 0 Å². The van der Waals surface area contributed by atoms with Gasteiger partial charge in [-0.25, -0.2) is 0 Å². The zero-order valence-corrected chi connectivity index (χ0v) is 13.2. The Morgan fingerprint density at radius 2 is 2.00 bits per heavy atom. The van der Waals surface area contributed by atoms with E-state index in [0.29, 0.717) is 0 Å². The minimum Gasteiger partial charge on any atom is -0.271 e. The number of unbranched alkanes of at least 4 members (excludes halogenated alkanes) is 4. The van der Waals surface area contributed by atoms with Gasteiger partial charge in [0.25, 0.3) is 0 Å². The van der Waals surface area contributed by atoms with Crippen LogP contribution in [0.15, 0.2) is 22.7 Å². The van der Waals surface area contributed by atoms with Gasteiger partial charge in [-0.1, -0.05) is 72.6 Å². The highest BCUT2D eigenvalue weighted by molar-refractivity contribution is 9.10. The molecule has 0 heterocycles. The van der Waals surface area contributed by atoms with Gasteiger partial charge < -0.3 is 0 Å². The Bertz CT molecular complexity index is 358. The first-order valence-corrected chi connectivity index (χ1v) is 7.77. The van der Waals surface area contributed by atoms with Crippen molar-refractivity contribution in [2.24, 2.45) is 5.84 Å². The molecule has 0 aliphatic carbocycles. The van der Waals surface area contributed by atoms with E-state index < -0.39 is 0 Å². The molecule has 1 rings (SSSR count). The summed E-state index contributed by atoms with van der Waals surface area (Å²) in [5.74, 6) is 5.65. The number of rotatable bonds is 8. The van der Waals surface area contributed by atoms with Gasteiger partial charge in [0.2, 0.25) is 0 Å². The molecule has 18 heavy (non-hydrogen) atoms. The van der Waals surface area contributed by atoms with E-state index in [1.807, 2.05) is 18.2 Å². The van der Waals surface area contributed by atoms with Gasteiger partial charge in [0.15, 0.2) is 0 Å². The normalized spacial score (nSPS) is 12.7. The van der Waals surface area contributed by atoms with Crippen molar-refractivity contribution >= 4 is 27.5 Å². The molecule has 1 aromatic rings. The van der Waals surface area contributed by atoms with Crippen molar-refractivity contribution in [3.05, 3.63) is 33.3 Å². The Kier molecular flexibility index (Phi) is 7.91. The summed E-state index contributed by atoms with van der Waals surface area (Å²) in [5.41, 5.74) is 4.07. The molecular weight excluding hydrogens is 312 g/mol. The van der Waals surface area contributed by atoms with E-state index in [1.54, 1.807) is 0 Å². The zero-order valence-electron chi connectivity index (χ0n) is 10.9. The Morgan fingerprint density at radius 3 is 2.61 bits per heavy atom. The molecule has 0 saturated heterocycles. The smallest absolute Gasteiger partial charge is 0.0471 e. The van der Waals surface area contributed by atoms with Crippen LogP contribution in [0.25, 0.3) is 0 Å². The van der Waals surface area contributed by atoms with Gasteiger partial charge in [-0.3, -0.25) is 11.3 Å². The summed E-state index contributed by atoms with van der Waals surface area (Å²) >= 11 is 9.49. The lowest BCUT2D eigenvalue weighted by atomic mass is 10.0. The second-order valence-corrected chi connectivity index (χ2v) is 5.88. The first-order chi connectivity index (χ1) is 8.69. The maximum absolute atomic E-state index is 5.94. The molecule has 0 amide bonds. The Labute approximate surface area is 123 Å². The maximum Gasteiger partial charge on any atom is 0.0471 e. The van der Waals surface area contributed by atoms with E-state index in [1.165, 1.54) is 37.7 Å². The molecule has 0 fully saturated rings. The third kappa shape index (κ3) is 5.27. The van der Waals surface area contributed by atoms with Crippen molar-refractivity contribution in [1.29, 1.82) is 0 Å². The molecule has 0 saturated carbocycles. The summed E-state index contributed by atoms with van der Waals surface area (Å²) in [5, 5.41) is 0.740. The highest BCUT2D eigenvalue weighted by Gasteiger charge is 2.12. The molecule has 102 valence electrons. The van der Waals surface area contributed by atoms with Crippen LogP contribution >= 0.6 is 27.5 Å². The van der Waals surface area contributed by atoms with Crippen LogP contribution in [0.5, 0.6) is 0 Å². The van der Waals surface area contributed by atoms with Crippen molar-refractivity contribution in [2.75, 3.05) is 0 Å². The molecule has 0 spiro atoms. The number of benzene rings is 1. The average Bonchev–Trinajstić information content (AvgIpc) is 2.35. The van der Waals surface area contributed by atoms with E-state index in [4.69, 9.17) is 17.4 Å². The molecule has 0 aromatic heterocycles. The first-order valence-electron chi connectivity index (χ1n) is 6.60. The minimum atomic E-state index is 0.193. The van der Waals surface area contributed by atoms with Crippen molar-refractivity contribution in [3.63, 3.8) is 0 Å². The third-order valence-electron chi connectivity index (χ3n) is 3.14. The Balaban J connectivity index is 2.49. The lowest BCUT2D eigenvalue weighted by molar-refractivity contribution is 0.477. The van der Waals surface area contributed by atoms with Gasteiger partial charge >= 0.3 is 0 Å². The van der Waals surface area contributed by atoms with Crippen molar-refractivity contribution in [3.8, 4) is 0 Å². The quantitative estimate of drug-likeness (QED) is 0.400. The highest BCUT2D eigenvalue weighted by atomic mass is 79.9. The van der Waals surface area contributed by atoms with Crippen LogP contribution in [0.3, 0.4) is 0 Å². The molecule has 1 atom stereocenters. The minimum absolute atomic E-state index is 0.193. The summed E-state index contributed by atoms with van der Waals surface area (Å²) in [6.07, 6.45) is 7.45. The number of hydrogen-bond donors (Lipinski definition) is 2. The average molecular weight is 334 g/mol. The number of hydrogen-bond acceptors (Lipinski definition) is 2. The standard InChI is InChI=1S/C14H22BrClN2/c1-2-3-4-5-6-7-14(18-17)12-9-8-11(16)10-13(12)15/h8-10,14,18H,2-7,17H2,1H3. The van der Waals surface area contributed by atoms with Crippen LogP contribution in [0.2, 0.25) is 5.02 Å². The Hall–Kier alpha value is -0.0900. The molecule has 0 bridgehead atoms. The van der Waals surface area contributed by atoms with Crippen molar-refractivity contribution in [1.82, 2.24) is 5.43 Å². The van der Waals surface area contributed by atoms with E-state index >= 15 is 0 Å². The summed E-state index contributed by atoms with van der Waals surface area (Å²) < 4.78 is 1.02. The maximum atomic E-state index is 5.94. The van der Waals surface area contributed by atoms with Gasteiger partial charge in [0.05, 0.1) is 0 Å². The summed E-state index contributed by atoms with van der Waals surface area (Å²) in [6, 6.07) is 6.04. The molecule has 0 aliphatic heterocycles. The number of nitrogens with two attached hydrogens (primary N) is 1. The summed E-state index contributed by atoms with van der Waals surface area (Å²) in [7, 11) is 0. The zero-order chi connectivity index (χ0) is 13.4. The number of hydrazine groups is 1. The Morgan fingerprint density at radius 1 is 1.28 bits per heavy atom. The fraction of sp³-hybridized carbons (Fsp3) is 0.571. The SMILES string of the molecule is CCCCCCCC(NN)c1ccc(Cl)cc1Br. The highest BCUT2D eigenvalue weighted by Crippen LogP contribution is 2.29. The van der Waals surface area contributed by atoms with Crippen LogP contribution in [0.4, 0.5) is 0 Å². The molecule has 4 heteroatoms. The van der Waals surface area contributed by atoms with Crippen LogP contribution in [-0.2, 0) is 0 Å². The van der Waals surface area contributed by atoms with Crippen molar-refractivity contribution < 1.29 is 0 Å². The lowest BCUT2D eigenvalue weighted by Crippen LogP contribution is -2.28. The third-order valence-corrected chi connectivity index (χ3v) is 4.06. The molecular formula is C14H22BrClN2. The van der Waals surface area contributed by atoms with Crippen LogP contribution < -0.4 is 11.3 Å². The molecule has 0 aliphatic rings. The second-order valence-electron chi connectivity index (χ2n) is 4.59. The van der Waals surface area contributed by atoms with E-state index in [9.17, 15) is 0 Å². The fourth-order valence-corrected chi connectivity index (χ4v) is 3.02. The number of halogens is 2. The molecule has 2 nitrogen and oxygen atoms in total. The van der Waals surface area contributed by atoms with Gasteiger partial charge in [-0.2, -0.15) is 0 Å². The van der Waals surface area contributed by atoms with Crippen LogP contribution in [-0.4, -0.2) is 0 Å². The first kappa shape index (κ1) is 16.0. The van der Waals surface area contributed by atoms with E-state index in [0.717, 1.165) is 15.9 Å². The molecule has 0 radical (unpaired) electrons. The largest absolute Gasteiger partial charge is 0.271 e. The summed E-state index contributed by atoms with van der Waals surface area (Å²) in [4.78, 5) is 0. The fourth-order valence-electron chi connectivity index (χ4n) is 2.06. The van der Waals surface area contributed by atoms with Crippen LogP contribution in [0, 0.1) is 0 Å². The lowest BCUT2D eigenvalue weighted by Gasteiger charge is -2.18. The predicted molar refractivity (Wildman–Crippen MR) is 82.6 cm³/mol. The molecule has 1 aromatic carbocycles. The molecule has 3 N–H and O–H groups in total. The molecule has 1 unspecified atom stereocenters. The van der Waals surface area contributed by atoms with Gasteiger partial charge in [-0.05, 0) is 24.1 Å². The second kappa shape index (κ2) is 8.92. The predicted octanol–water partition coefficient (Wildman–Crippen LogP) is 4.97. The topological polar surface area (TPSA) is 38.0 Å². The number of nitrogens with one attached hydrogen (secondary N) is 1. The van der Waals surface area contributed by atoms with E-state index in [-0.39, 0.29) is 6.04 Å². The van der Waals surface area contributed by atoms with Crippen LogP contribution in [0.1, 0.15) is 57.1 Å². The summed E-state index contributed by atoms with van der Waals surface area (Å²) in [6.45, 7) is 2.23. The van der Waals surface area contributed by atoms with Gasteiger partial charge in [0, 0.05) is 15.5 Å². The van der Waals surface area contributed by atoms with Gasteiger partial charge in [0.1, 0.15) is 0 Å².